The monoisotopic (exact) mass is 392 g/mol. The number of hydrogen-bond donors (Lipinski definition) is 2. The van der Waals surface area contributed by atoms with Crippen LogP contribution in [0.15, 0.2) is 48.5 Å². The summed E-state index contributed by atoms with van der Waals surface area (Å²) < 4.78 is 0. The fourth-order valence-corrected chi connectivity index (χ4v) is 4.17. The summed E-state index contributed by atoms with van der Waals surface area (Å²) in [4.78, 5) is 29.7. The minimum absolute atomic E-state index is 0.00291. The molecule has 0 saturated carbocycles. The zero-order valence-corrected chi connectivity index (χ0v) is 16.2. The van der Waals surface area contributed by atoms with Crippen LogP contribution in [-0.4, -0.2) is 71.2 Å². The van der Waals surface area contributed by atoms with E-state index in [1.54, 1.807) is 6.07 Å². The van der Waals surface area contributed by atoms with Gasteiger partial charge in [0.2, 0.25) is 0 Å². The van der Waals surface area contributed by atoms with Crippen LogP contribution in [0.2, 0.25) is 0 Å². The first-order chi connectivity index (χ1) is 14.2. The van der Waals surface area contributed by atoms with Crippen LogP contribution in [0.1, 0.15) is 27.1 Å². The molecule has 2 amide bonds. The summed E-state index contributed by atoms with van der Waals surface area (Å²) in [6, 6.07) is 15.4. The summed E-state index contributed by atoms with van der Waals surface area (Å²) in [7, 11) is 0. The first-order valence-electron chi connectivity index (χ1n) is 9.90. The Morgan fingerprint density at radius 2 is 1.55 bits per heavy atom. The molecule has 0 saturated heterocycles. The second-order valence-corrected chi connectivity index (χ2v) is 7.28. The van der Waals surface area contributed by atoms with Crippen LogP contribution in [0, 0.1) is 0 Å². The summed E-state index contributed by atoms with van der Waals surface area (Å²) in [5.74, 6) is -0.523. The predicted molar refractivity (Wildman–Crippen MR) is 112 cm³/mol. The summed E-state index contributed by atoms with van der Waals surface area (Å²) in [6.45, 7) is 1.80. The van der Waals surface area contributed by atoms with Crippen LogP contribution in [0.3, 0.4) is 0 Å². The van der Waals surface area contributed by atoms with Crippen molar-refractivity contribution >= 4 is 33.4 Å². The first-order valence-corrected chi connectivity index (χ1v) is 9.90. The van der Waals surface area contributed by atoms with E-state index in [1.807, 2.05) is 47.4 Å². The van der Waals surface area contributed by atoms with Crippen LogP contribution in [-0.2, 0) is 0 Å². The number of benzene rings is 3. The smallest absolute Gasteiger partial charge is 0.262 e. The lowest BCUT2D eigenvalue weighted by Gasteiger charge is -2.29. The molecule has 150 valence electrons. The summed E-state index contributed by atoms with van der Waals surface area (Å²) >= 11 is 0. The van der Waals surface area contributed by atoms with E-state index in [0.29, 0.717) is 43.7 Å². The summed E-state index contributed by atoms with van der Waals surface area (Å²) in [5.41, 5.74) is 1.15. The molecule has 6 heteroatoms. The number of hydrogen-bond acceptors (Lipinski definition) is 5. The Bertz CT molecular complexity index is 1070. The van der Waals surface area contributed by atoms with Gasteiger partial charge < -0.3 is 10.2 Å². The van der Waals surface area contributed by atoms with Gasteiger partial charge in [0.25, 0.3) is 11.8 Å². The molecule has 1 aliphatic heterocycles. The number of fused-ring (bicyclic) bond motifs is 2. The average Bonchev–Trinajstić information content (AvgIpc) is 2.73. The molecule has 4 rings (SSSR count). The van der Waals surface area contributed by atoms with E-state index in [9.17, 15) is 9.59 Å². The van der Waals surface area contributed by atoms with Gasteiger partial charge >= 0.3 is 0 Å². The maximum absolute atomic E-state index is 13.4. The van der Waals surface area contributed by atoms with Crippen molar-refractivity contribution in [1.82, 2.24) is 9.80 Å². The second kappa shape index (κ2) is 8.29. The van der Waals surface area contributed by atoms with E-state index in [2.05, 4.69) is 0 Å². The molecule has 0 bridgehead atoms. The number of rotatable bonds is 8. The van der Waals surface area contributed by atoms with Gasteiger partial charge in [-0.25, -0.2) is 0 Å². The number of carbonyl (C=O) groups excluding carboxylic acids is 2. The molecule has 0 radical (unpaired) electrons. The Balaban J connectivity index is 1.68. The lowest BCUT2D eigenvalue weighted by molar-refractivity contribution is 0.0601. The highest BCUT2D eigenvalue weighted by Gasteiger charge is 2.33. The van der Waals surface area contributed by atoms with Gasteiger partial charge in [-0.15, -0.1) is 0 Å². The number of aliphatic hydroxyl groups is 2. The van der Waals surface area contributed by atoms with E-state index < -0.39 is 0 Å². The maximum Gasteiger partial charge on any atom is 0.262 e. The van der Waals surface area contributed by atoms with Crippen LogP contribution in [0.4, 0.5) is 0 Å². The Labute approximate surface area is 169 Å². The van der Waals surface area contributed by atoms with Crippen LogP contribution in [0.25, 0.3) is 21.5 Å². The standard InChI is InChI=1S/C23H24N2O4/c26-13-11-24(12-14-27)9-4-10-25-22(28)19-8-3-6-17-15-16-5-1-2-7-18(16)21(20(17)19)23(25)29/h1-3,5-8,15,26-27H,4,9-14H2. The van der Waals surface area contributed by atoms with Crippen molar-refractivity contribution in [1.29, 1.82) is 0 Å². The van der Waals surface area contributed by atoms with E-state index in [1.165, 1.54) is 4.90 Å². The molecule has 2 N–H and O–H groups in total. The van der Waals surface area contributed by atoms with Gasteiger partial charge in [0.05, 0.1) is 18.8 Å². The van der Waals surface area contributed by atoms with Gasteiger partial charge in [-0.2, -0.15) is 0 Å². The molecule has 0 aliphatic carbocycles. The Kier molecular flexibility index (Phi) is 5.58. The topological polar surface area (TPSA) is 81.1 Å². The molecule has 0 unspecified atom stereocenters. The van der Waals surface area contributed by atoms with Gasteiger partial charge in [-0.1, -0.05) is 36.4 Å². The highest BCUT2D eigenvalue weighted by Crippen LogP contribution is 2.35. The SMILES string of the molecule is O=C1c2cccc3cc4ccccc4c(c23)C(=O)N1CCCN(CCO)CCO. The third-order valence-electron chi connectivity index (χ3n) is 5.51. The molecular weight excluding hydrogens is 368 g/mol. The highest BCUT2D eigenvalue weighted by atomic mass is 16.3. The molecule has 0 atom stereocenters. The zero-order valence-electron chi connectivity index (χ0n) is 16.2. The van der Waals surface area contributed by atoms with E-state index >= 15 is 0 Å². The minimum Gasteiger partial charge on any atom is -0.395 e. The van der Waals surface area contributed by atoms with Gasteiger partial charge in [-0.05, 0) is 34.7 Å². The second-order valence-electron chi connectivity index (χ2n) is 7.28. The van der Waals surface area contributed by atoms with E-state index in [4.69, 9.17) is 10.2 Å². The summed E-state index contributed by atoms with van der Waals surface area (Å²) in [6.07, 6.45) is 0.577. The Morgan fingerprint density at radius 3 is 2.31 bits per heavy atom. The van der Waals surface area contributed by atoms with Crippen molar-refractivity contribution in [2.75, 3.05) is 39.4 Å². The molecule has 29 heavy (non-hydrogen) atoms. The number of amides is 2. The minimum atomic E-state index is -0.265. The number of imide groups is 1. The summed E-state index contributed by atoms with van der Waals surface area (Å²) in [5, 5.41) is 21.8. The van der Waals surface area contributed by atoms with Gasteiger partial charge in [-0.3, -0.25) is 19.4 Å². The molecule has 0 aromatic heterocycles. The van der Waals surface area contributed by atoms with E-state index in [-0.39, 0.29) is 25.0 Å². The van der Waals surface area contributed by atoms with Crippen molar-refractivity contribution in [3.63, 3.8) is 0 Å². The largest absolute Gasteiger partial charge is 0.395 e. The Morgan fingerprint density at radius 1 is 0.828 bits per heavy atom. The van der Waals surface area contributed by atoms with Crippen molar-refractivity contribution in [3.8, 4) is 0 Å². The maximum atomic E-state index is 13.4. The molecular formula is C23H24N2O4. The van der Waals surface area contributed by atoms with Gasteiger partial charge in [0.15, 0.2) is 0 Å². The predicted octanol–water partition coefficient (Wildman–Crippen LogP) is 2.27. The number of carbonyl (C=O) groups is 2. The van der Waals surface area contributed by atoms with Crippen molar-refractivity contribution in [2.45, 2.75) is 6.42 Å². The molecule has 0 spiro atoms. The molecule has 6 nitrogen and oxygen atoms in total. The van der Waals surface area contributed by atoms with Crippen LogP contribution >= 0.6 is 0 Å². The number of aliphatic hydroxyl groups excluding tert-OH is 2. The fraction of sp³-hybridized carbons (Fsp3) is 0.304. The van der Waals surface area contributed by atoms with E-state index in [0.717, 1.165) is 21.5 Å². The Hall–Kier alpha value is -2.80. The highest BCUT2D eigenvalue weighted by molar-refractivity contribution is 6.30. The quantitative estimate of drug-likeness (QED) is 0.454. The van der Waals surface area contributed by atoms with Gasteiger partial charge in [0.1, 0.15) is 0 Å². The first kappa shape index (κ1) is 19.5. The average molecular weight is 392 g/mol. The molecule has 1 aliphatic rings. The van der Waals surface area contributed by atoms with Gasteiger partial charge in [0, 0.05) is 37.1 Å². The molecule has 1 heterocycles. The fourth-order valence-electron chi connectivity index (χ4n) is 4.17. The van der Waals surface area contributed by atoms with Crippen molar-refractivity contribution in [3.05, 3.63) is 59.7 Å². The zero-order chi connectivity index (χ0) is 20.4. The van der Waals surface area contributed by atoms with Crippen molar-refractivity contribution in [2.24, 2.45) is 0 Å². The third-order valence-corrected chi connectivity index (χ3v) is 5.51. The van der Waals surface area contributed by atoms with Crippen LogP contribution < -0.4 is 0 Å². The molecule has 0 fully saturated rings. The lowest BCUT2D eigenvalue weighted by atomic mass is 9.89. The molecule has 3 aromatic rings. The normalized spacial score (nSPS) is 13.8. The van der Waals surface area contributed by atoms with Crippen molar-refractivity contribution < 1.29 is 19.8 Å². The lowest BCUT2D eigenvalue weighted by Crippen LogP contribution is -2.42. The number of nitrogens with zero attached hydrogens (tertiary/aromatic N) is 2. The third kappa shape index (κ3) is 3.51. The molecule has 3 aromatic carbocycles. The van der Waals surface area contributed by atoms with Crippen LogP contribution in [0.5, 0.6) is 0 Å².